The van der Waals surface area contributed by atoms with E-state index in [9.17, 15) is 8.42 Å². The molecule has 0 saturated carbocycles. The van der Waals surface area contributed by atoms with Crippen molar-refractivity contribution >= 4 is 64.5 Å². The number of rotatable bonds is 7. The summed E-state index contributed by atoms with van der Waals surface area (Å²) >= 11 is 9.00. The molecule has 0 fully saturated rings. The number of unbranched alkanes of at least 4 members (excludes halogenated alkanes) is 2. The van der Waals surface area contributed by atoms with Crippen LogP contribution in [0, 0.1) is 6.92 Å². The molecule has 3 nitrogen and oxygen atoms in total. The highest BCUT2D eigenvalue weighted by Crippen LogP contribution is 2.28. The van der Waals surface area contributed by atoms with Gasteiger partial charge in [0.1, 0.15) is 0 Å². The van der Waals surface area contributed by atoms with Crippen molar-refractivity contribution in [1.29, 1.82) is 0 Å². The van der Waals surface area contributed by atoms with E-state index >= 15 is 0 Å². The molecule has 0 aliphatic heterocycles. The first kappa shape index (κ1) is 17.9. The zero-order valence-corrected chi connectivity index (χ0v) is 16.7. The van der Waals surface area contributed by atoms with Crippen molar-refractivity contribution in [3.8, 4) is 0 Å². The van der Waals surface area contributed by atoms with E-state index < -0.39 is 10.0 Å². The van der Waals surface area contributed by atoms with Crippen molar-refractivity contribution in [1.82, 2.24) is 4.72 Å². The third-order valence-electron chi connectivity index (χ3n) is 2.61. The van der Waals surface area contributed by atoms with Gasteiger partial charge in [-0.25, -0.2) is 13.1 Å². The fourth-order valence-electron chi connectivity index (χ4n) is 1.51. The number of benzene rings is 1. The highest BCUT2D eigenvalue weighted by Gasteiger charge is 2.18. The van der Waals surface area contributed by atoms with Crippen molar-refractivity contribution in [2.75, 3.05) is 11.0 Å². The minimum absolute atomic E-state index is 0.277. The van der Waals surface area contributed by atoms with E-state index in [2.05, 4.69) is 59.2 Å². The molecule has 108 valence electrons. The quantitative estimate of drug-likeness (QED) is 0.326. The average molecular weight is 525 g/mol. The molecule has 1 rings (SSSR count). The van der Waals surface area contributed by atoms with E-state index in [4.69, 9.17) is 0 Å². The molecule has 0 unspecified atom stereocenters. The first-order chi connectivity index (χ1) is 8.88. The van der Waals surface area contributed by atoms with Crippen molar-refractivity contribution < 1.29 is 8.42 Å². The van der Waals surface area contributed by atoms with E-state index in [0.717, 1.165) is 33.7 Å². The first-order valence-electron chi connectivity index (χ1n) is 5.90. The molecule has 0 bridgehead atoms. The van der Waals surface area contributed by atoms with Crippen LogP contribution in [0.2, 0.25) is 0 Å². The molecule has 1 N–H and O–H groups in total. The number of sulfonamides is 1. The highest BCUT2D eigenvalue weighted by atomic mass is 127. The Morgan fingerprint density at radius 1 is 1.16 bits per heavy atom. The van der Waals surface area contributed by atoms with Gasteiger partial charge in [-0.05, 0) is 57.8 Å². The van der Waals surface area contributed by atoms with Crippen LogP contribution in [0.4, 0.5) is 0 Å². The number of alkyl halides is 1. The molecular weight excluding hydrogens is 509 g/mol. The Kier molecular flexibility index (Phi) is 7.81. The number of nitrogens with one attached hydrogen (secondary N) is 1. The summed E-state index contributed by atoms with van der Waals surface area (Å²) in [6.07, 6.45) is 3.04. The zero-order valence-electron chi connectivity index (χ0n) is 10.5. The first-order valence-corrected chi connectivity index (χ1v) is 10.5. The molecule has 7 heteroatoms. The summed E-state index contributed by atoms with van der Waals surface area (Å²) in [5, 5.41) is 0. The fraction of sp³-hybridized carbons (Fsp3) is 0.500. The minimum atomic E-state index is -3.45. The SMILES string of the molecule is Cc1cc(Br)c(S(=O)(=O)NCCCCCI)cc1Br. The van der Waals surface area contributed by atoms with Gasteiger partial charge < -0.3 is 0 Å². The van der Waals surface area contributed by atoms with Crippen molar-refractivity contribution in [2.45, 2.75) is 31.1 Å². The van der Waals surface area contributed by atoms with Crippen molar-refractivity contribution in [3.05, 3.63) is 26.6 Å². The highest BCUT2D eigenvalue weighted by molar-refractivity contribution is 14.1. The smallest absolute Gasteiger partial charge is 0.211 e. The van der Waals surface area contributed by atoms with E-state index in [1.807, 2.05) is 6.92 Å². The predicted octanol–water partition coefficient (Wildman–Crippen LogP) is 4.40. The minimum Gasteiger partial charge on any atom is -0.211 e. The lowest BCUT2D eigenvalue weighted by molar-refractivity contribution is 0.576. The Morgan fingerprint density at radius 2 is 1.84 bits per heavy atom. The third kappa shape index (κ3) is 5.61. The summed E-state index contributed by atoms with van der Waals surface area (Å²) in [5.41, 5.74) is 0.993. The lowest BCUT2D eigenvalue weighted by atomic mass is 10.2. The summed E-state index contributed by atoms with van der Waals surface area (Å²) in [6.45, 7) is 2.40. The average Bonchev–Trinajstić information content (AvgIpc) is 2.33. The molecule has 0 aromatic heterocycles. The van der Waals surface area contributed by atoms with E-state index in [-0.39, 0.29) is 4.90 Å². The summed E-state index contributed by atoms with van der Waals surface area (Å²) < 4.78 is 29.5. The molecule has 19 heavy (non-hydrogen) atoms. The van der Waals surface area contributed by atoms with E-state index in [1.54, 1.807) is 12.1 Å². The maximum absolute atomic E-state index is 12.2. The Morgan fingerprint density at radius 3 is 2.47 bits per heavy atom. The molecule has 0 radical (unpaired) electrons. The van der Waals surface area contributed by atoms with Gasteiger partial charge >= 0.3 is 0 Å². The number of hydrogen-bond donors (Lipinski definition) is 1. The van der Waals surface area contributed by atoms with Crippen LogP contribution in [-0.4, -0.2) is 19.4 Å². The summed E-state index contributed by atoms with van der Waals surface area (Å²) in [5.74, 6) is 0. The summed E-state index contributed by atoms with van der Waals surface area (Å²) in [4.78, 5) is 0.277. The van der Waals surface area contributed by atoms with Crippen LogP contribution in [0.1, 0.15) is 24.8 Å². The largest absolute Gasteiger partial charge is 0.241 e. The van der Waals surface area contributed by atoms with E-state index in [1.165, 1.54) is 0 Å². The normalized spacial score (nSPS) is 11.8. The Hall–Kier alpha value is 0.820. The Balaban J connectivity index is 2.75. The second kappa shape index (κ2) is 8.31. The van der Waals surface area contributed by atoms with Gasteiger partial charge in [0, 0.05) is 15.5 Å². The van der Waals surface area contributed by atoms with Crippen molar-refractivity contribution in [3.63, 3.8) is 0 Å². The molecule has 0 atom stereocenters. The van der Waals surface area contributed by atoms with Gasteiger partial charge in [0.2, 0.25) is 10.0 Å². The van der Waals surface area contributed by atoms with Gasteiger partial charge in [0.15, 0.2) is 0 Å². The van der Waals surface area contributed by atoms with E-state index in [0.29, 0.717) is 11.0 Å². The molecule has 1 aromatic rings. The summed E-state index contributed by atoms with van der Waals surface area (Å²) in [7, 11) is -3.45. The molecular formula is C12H16Br2INO2S. The number of halogens is 3. The fourth-order valence-corrected chi connectivity index (χ4v) is 4.80. The molecule has 0 amide bonds. The molecule has 0 heterocycles. The van der Waals surface area contributed by atoms with Gasteiger partial charge in [-0.1, -0.05) is 44.9 Å². The van der Waals surface area contributed by atoms with Gasteiger partial charge in [-0.2, -0.15) is 0 Å². The predicted molar refractivity (Wildman–Crippen MR) is 94.5 cm³/mol. The number of hydrogen-bond acceptors (Lipinski definition) is 2. The lowest BCUT2D eigenvalue weighted by Gasteiger charge is -2.10. The van der Waals surface area contributed by atoms with Crippen LogP contribution in [-0.2, 0) is 10.0 Å². The van der Waals surface area contributed by atoms with Gasteiger partial charge in [0.25, 0.3) is 0 Å². The Labute approximate surface area is 145 Å². The standard InChI is InChI=1S/C12H16Br2INO2S/c1-9-7-11(14)12(8-10(9)13)19(17,18)16-6-4-2-3-5-15/h7-8,16H,2-6H2,1H3. The maximum Gasteiger partial charge on any atom is 0.241 e. The van der Waals surface area contributed by atoms with Crippen LogP contribution in [0.25, 0.3) is 0 Å². The van der Waals surface area contributed by atoms with Crippen molar-refractivity contribution in [2.24, 2.45) is 0 Å². The molecule has 1 aromatic carbocycles. The zero-order chi connectivity index (χ0) is 14.5. The Bertz CT molecular complexity index is 535. The second-order valence-corrected chi connectivity index (χ2v) is 8.70. The second-order valence-electron chi connectivity index (χ2n) is 4.18. The maximum atomic E-state index is 12.2. The molecule has 0 saturated heterocycles. The molecule has 0 aliphatic carbocycles. The number of aryl methyl sites for hydroxylation is 1. The molecule has 0 spiro atoms. The van der Waals surface area contributed by atoms with Gasteiger partial charge in [0.05, 0.1) is 4.90 Å². The van der Waals surface area contributed by atoms with Crippen LogP contribution >= 0.6 is 54.5 Å². The lowest BCUT2D eigenvalue weighted by Crippen LogP contribution is -2.25. The van der Waals surface area contributed by atoms with Crippen LogP contribution in [0.3, 0.4) is 0 Å². The van der Waals surface area contributed by atoms with Crippen LogP contribution in [0.5, 0.6) is 0 Å². The monoisotopic (exact) mass is 523 g/mol. The van der Waals surface area contributed by atoms with Gasteiger partial charge in [-0.3, -0.25) is 0 Å². The van der Waals surface area contributed by atoms with Gasteiger partial charge in [-0.15, -0.1) is 0 Å². The topological polar surface area (TPSA) is 46.2 Å². The molecule has 0 aliphatic rings. The summed E-state index contributed by atoms with van der Waals surface area (Å²) in [6, 6.07) is 3.43. The van der Waals surface area contributed by atoms with Crippen LogP contribution < -0.4 is 4.72 Å². The van der Waals surface area contributed by atoms with Crippen LogP contribution in [0.15, 0.2) is 26.0 Å². The third-order valence-corrected chi connectivity index (χ3v) is 6.64.